The van der Waals surface area contributed by atoms with E-state index in [4.69, 9.17) is 10.9 Å². The second-order valence-electron chi connectivity index (χ2n) is 4.95. The lowest BCUT2D eigenvalue weighted by Gasteiger charge is -2.13. The van der Waals surface area contributed by atoms with Crippen molar-refractivity contribution in [3.63, 3.8) is 0 Å². The standard InChI is InChI=1S/C12H19N5O2/c1-8-9(7-15-16-8)3-2-6-14-11(18)12(4-5-12)10(13)17-19/h7,19H,2-6H2,1H3,(H2,13,17)(H,14,18)(H,15,16). The van der Waals surface area contributed by atoms with Crippen LogP contribution in [0.25, 0.3) is 0 Å². The molecule has 0 radical (unpaired) electrons. The number of hydrogen-bond acceptors (Lipinski definition) is 4. The molecule has 0 spiro atoms. The second-order valence-corrected chi connectivity index (χ2v) is 4.95. The summed E-state index contributed by atoms with van der Waals surface area (Å²) in [5.41, 5.74) is 6.99. The summed E-state index contributed by atoms with van der Waals surface area (Å²) < 4.78 is 0. The molecule has 0 atom stereocenters. The van der Waals surface area contributed by atoms with Crippen molar-refractivity contribution in [1.82, 2.24) is 15.5 Å². The zero-order chi connectivity index (χ0) is 13.9. The van der Waals surface area contributed by atoms with Gasteiger partial charge < -0.3 is 16.3 Å². The maximum atomic E-state index is 12.0. The van der Waals surface area contributed by atoms with E-state index < -0.39 is 5.41 Å². The molecule has 1 aliphatic rings. The lowest BCUT2D eigenvalue weighted by Crippen LogP contribution is -2.41. The van der Waals surface area contributed by atoms with E-state index in [0.29, 0.717) is 19.4 Å². The van der Waals surface area contributed by atoms with E-state index in [1.165, 1.54) is 0 Å². The Bertz CT molecular complexity index is 490. The molecule has 1 aliphatic carbocycles. The highest BCUT2D eigenvalue weighted by atomic mass is 16.4. The smallest absolute Gasteiger partial charge is 0.233 e. The third-order valence-corrected chi connectivity index (χ3v) is 3.63. The highest BCUT2D eigenvalue weighted by Crippen LogP contribution is 2.45. The molecular weight excluding hydrogens is 246 g/mol. The van der Waals surface area contributed by atoms with Crippen LogP contribution in [0.1, 0.15) is 30.5 Å². The predicted octanol–water partition coefficient (Wildman–Crippen LogP) is 0.294. The maximum Gasteiger partial charge on any atom is 0.233 e. The van der Waals surface area contributed by atoms with E-state index in [-0.39, 0.29) is 11.7 Å². The zero-order valence-electron chi connectivity index (χ0n) is 10.9. The molecule has 7 nitrogen and oxygen atoms in total. The molecule has 1 fully saturated rings. The van der Waals surface area contributed by atoms with E-state index in [1.54, 1.807) is 6.20 Å². The number of H-pyrrole nitrogens is 1. The Labute approximate surface area is 111 Å². The Morgan fingerprint density at radius 3 is 2.95 bits per heavy atom. The fourth-order valence-electron chi connectivity index (χ4n) is 2.10. The van der Waals surface area contributed by atoms with E-state index in [0.717, 1.165) is 24.1 Å². The number of amidine groups is 1. The van der Waals surface area contributed by atoms with Gasteiger partial charge in [-0.2, -0.15) is 5.10 Å². The molecule has 1 amide bonds. The minimum atomic E-state index is -0.764. The Morgan fingerprint density at radius 2 is 2.42 bits per heavy atom. The molecule has 1 heterocycles. The lowest BCUT2D eigenvalue weighted by atomic mass is 10.1. The summed E-state index contributed by atoms with van der Waals surface area (Å²) in [5.74, 6) is -0.137. The van der Waals surface area contributed by atoms with Crippen LogP contribution >= 0.6 is 0 Å². The van der Waals surface area contributed by atoms with Gasteiger partial charge in [-0.3, -0.25) is 9.89 Å². The van der Waals surface area contributed by atoms with Gasteiger partial charge >= 0.3 is 0 Å². The number of amides is 1. The summed E-state index contributed by atoms with van der Waals surface area (Å²) in [6.45, 7) is 2.54. The summed E-state index contributed by atoms with van der Waals surface area (Å²) in [7, 11) is 0. The van der Waals surface area contributed by atoms with E-state index in [2.05, 4.69) is 20.7 Å². The molecule has 5 N–H and O–H groups in total. The third kappa shape index (κ3) is 2.69. The van der Waals surface area contributed by atoms with Gasteiger partial charge in [-0.25, -0.2) is 0 Å². The molecule has 0 bridgehead atoms. The van der Waals surface area contributed by atoms with Crippen LogP contribution in [-0.4, -0.2) is 33.7 Å². The molecule has 0 saturated heterocycles. The molecular formula is C12H19N5O2. The molecule has 2 rings (SSSR count). The highest BCUT2D eigenvalue weighted by Gasteiger charge is 2.53. The molecule has 0 unspecified atom stereocenters. The largest absolute Gasteiger partial charge is 0.409 e. The van der Waals surface area contributed by atoms with Crippen LogP contribution in [0.2, 0.25) is 0 Å². The van der Waals surface area contributed by atoms with Gasteiger partial charge in [0.1, 0.15) is 5.41 Å². The number of nitrogens with one attached hydrogen (secondary N) is 2. The van der Waals surface area contributed by atoms with Crippen molar-refractivity contribution >= 4 is 11.7 Å². The number of aryl methyl sites for hydroxylation is 2. The summed E-state index contributed by atoms with van der Waals surface area (Å²) >= 11 is 0. The third-order valence-electron chi connectivity index (χ3n) is 3.63. The first-order valence-electron chi connectivity index (χ1n) is 6.35. The van der Waals surface area contributed by atoms with Crippen LogP contribution < -0.4 is 11.1 Å². The van der Waals surface area contributed by atoms with Crippen LogP contribution in [0.15, 0.2) is 11.4 Å². The number of oxime groups is 1. The number of nitrogens with two attached hydrogens (primary N) is 1. The van der Waals surface area contributed by atoms with Crippen molar-refractivity contribution in [3.05, 3.63) is 17.5 Å². The average molecular weight is 265 g/mol. The van der Waals surface area contributed by atoms with Gasteiger partial charge in [-0.05, 0) is 38.2 Å². The first-order chi connectivity index (χ1) is 9.10. The fourth-order valence-corrected chi connectivity index (χ4v) is 2.10. The Kier molecular flexibility index (Phi) is 3.73. The van der Waals surface area contributed by atoms with Gasteiger partial charge in [0.05, 0.1) is 6.20 Å². The predicted molar refractivity (Wildman–Crippen MR) is 69.7 cm³/mol. The number of carbonyl (C=O) groups is 1. The van der Waals surface area contributed by atoms with Crippen molar-refractivity contribution in [2.45, 2.75) is 32.6 Å². The quantitative estimate of drug-likeness (QED) is 0.194. The second kappa shape index (κ2) is 5.29. The summed E-state index contributed by atoms with van der Waals surface area (Å²) in [5, 5.41) is 21.3. The monoisotopic (exact) mass is 265 g/mol. The Morgan fingerprint density at radius 1 is 1.68 bits per heavy atom. The average Bonchev–Trinajstić information content (AvgIpc) is 3.13. The first kappa shape index (κ1) is 13.4. The molecule has 0 aliphatic heterocycles. The van der Waals surface area contributed by atoms with Gasteiger partial charge in [0.25, 0.3) is 0 Å². The van der Waals surface area contributed by atoms with Crippen LogP contribution in [0.5, 0.6) is 0 Å². The van der Waals surface area contributed by atoms with Crippen LogP contribution in [0.4, 0.5) is 0 Å². The molecule has 1 aromatic heterocycles. The maximum absolute atomic E-state index is 12.0. The molecule has 0 aromatic carbocycles. The van der Waals surface area contributed by atoms with Gasteiger partial charge in [-0.1, -0.05) is 5.16 Å². The van der Waals surface area contributed by atoms with Gasteiger partial charge in [0.15, 0.2) is 5.84 Å². The molecule has 1 aromatic rings. The normalized spacial score (nSPS) is 17.2. The Balaban J connectivity index is 1.75. The fraction of sp³-hybridized carbons (Fsp3) is 0.583. The van der Waals surface area contributed by atoms with E-state index in [1.807, 2.05) is 6.92 Å². The van der Waals surface area contributed by atoms with Gasteiger partial charge in [0.2, 0.25) is 5.91 Å². The van der Waals surface area contributed by atoms with Gasteiger partial charge in [0, 0.05) is 12.2 Å². The zero-order valence-corrected chi connectivity index (χ0v) is 10.9. The molecule has 7 heteroatoms. The van der Waals surface area contributed by atoms with Crippen molar-refractivity contribution in [1.29, 1.82) is 0 Å². The number of hydrogen-bond donors (Lipinski definition) is 4. The lowest BCUT2D eigenvalue weighted by molar-refractivity contribution is -0.124. The number of aromatic nitrogens is 2. The highest BCUT2D eigenvalue weighted by molar-refractivity contribution is 6.09. The molecule has 1 saturated carbocycles. The first-order valence-corrected chi connectivity index (χ1v) is 6.35. The van der Waals surface area contributed by atoms with E-state index in [9.17, 15) is 4.79 Å². The van der Waals surface area contributed by atoms with Crippen LogP contribution in [0, 0.1) is 12.3 Å². The number of carbonyl (C=O) groups excluding carboxylic acids is 1. The van der Waals surface area contributed by atoms with Crippen molar-refractivity contribution in [2.75, 3.05) is 6.54 Å². The summed E-state index contributed by atoms with van der Waals surface area (Å²) in [4.78, 5) is 12.0. The summed E-state index contributed by atoms with van der Waals surface area (Å²) in [6, 6.07) is 0. The summed E-state index contributed by atoms with van der Waals surface area (Å²) in [6.07, 6.45) is 4.79. The number of rotatable bonds is 6. The van der Waals surface area contributed by atoms with Crippen molar-refractivity contribution < 1.29 is 10.0 Å². The Hall–Kier alpha value is -2.05. The molecule has 104 valence electrons. The number of nitrogens with zero attached hydrogens (tertiary/aromatic N) is 2. The van der Waals surface area contributed by atoms with Crippen molar-refractivity contribution in [2.24, 2.45) is 16.3 Å². The number of aromatic amines is 1. The SMILES string of the molecule is Cc1[nH]ncc1CCCNC(=O)C1(C(N)=NO)CC1. The van der Waals surface area contributed by atoms with E-state index >= 15 is 0 Å². The van der Waals surface area contributed by atoms with Crippen molar-refractivity contribution in [3.8, 4) is 0 Å². The minimum absolute atomic E-state index is 0.00989. The van der Waals surface area contributed by atoms with Crippen LogP contribution in [-0.2, 0) is 11.2 Å². The topological polar surface area (TPSA) is 116 Å². The van der Waals surface area contributed by atoms with Crippen LogP contribution in [0.3, 0.4) is 0 Å². The molecule has 19 heavy (non-hydrogen) atoms. The van der Waals surface area contributed by atoms with Gasteiger partial charge in [-0.15, -0.1) is 0 Å². The minimum Gasteiger partial charge on any atom is -0.409 e.